The van der Waals surface area contributed by atoms with Crippen LogP contribution in [0.5, 0.6) is 0 Å². The molecule has 2 rings (SSSR count). The van der Waals surface area contributed by atoms with Crippen LogP contribution in [-0.2, 0) is 6.54 Å². The molecule has 2 nitrogen and oxygen atoms in total. The highest BCUT2D eigenvalue weighted by Gasteiger charge is 2.12. The summed E-state index contributed by atoms with van der Waals surface area (Å²) in [4.78, 5) is 0. The summed E-state index contributed by atoms with van der Waals surface area (Å²) in [6.07, 6.45) is 3.67. The van der Waals surface area contributed by atoms with Crippen LogP contribution in [0, 0.1) is 5.82 Å². The maximum atomic E-state index is 13.4. The summed E-state index contributed by atoms with van der Waals surface area (Å²) in [5, 5.41) is 6.75. The summed E-state index contributed by atoms with van der Waals surface area (Å²) in [7, 11) is 0. The maximum absolute atomic E-state index is 13.4. The van der Waals surface area contributed by atoms with Crippen LogP contribution in [0.15, 0.2) is 22.7 Å². The average Bonchev–Trinajstić information content (AvgIpc) is 2.82. The second-order valence-electron chi connectivity index (χ2n) is 4.49. The van der Waals surface area contributed by atoms with Crippen molar-refractivity contribution in [2.75, 3.05) is 13.1 Å². The molecule has 1 unspecified atom stereocenters. The summed E-state index contributed by atoms with van der Waals surface area (Å²) >= 11 is 3.35. The molecule has 2 N–H and O–H groups in total. The van der Waals surface area contributed by atoms with Crippen molar-refractivity contribution in [1.29, 1.82) is 0 Å². The second-order valence-corrected chi connectivity index (χ2v) is 5.41. The van der Waals surface area contributed by atoms with E-state index in [0.717, 1.165) is 29.5 Å². The largest absolute Gasteiger partial charge is 0.314 e. The topological polar surface area (TPSA) is 24.1 Å². The molecule has 0 amide bonds. The van der Waals surface area contributed by atoms with Gasteiger partial charge in [-0.05, 0) is 50.6 Å². The number of hydrogen-bond donors (Lipinski definition) is 2. The normalized spacial score (nSPS) is 19.8. The van der Waals surface area contributed by atoms with Crippen LogP contribution >= 0.6 is 15.9 Å². The number of halogens is 2. The van der Waals surface area contributed by atoms with Gasteiger partial charge in [-0.15, -0.1) is 0 Å². The number of rotatable bonds is 5. The Hall–Kier alpha value is -0.450. The van der Waals surface area contributed by atoms with Gasteiger partial charge in [0.1, 0.15) is 5.82 Å². The molecule has 1 aromatic carbocycles. The Labute approximate surface area is 110 Å². The smallest absolute Gasteiger partial charge is 0.127 e. The van der Waals surface area contributed by atoms with Crippen LogP contribution in [0.3, 0.4) is 0 Å². The fourth-order valence-electron chi connectivity index (χ4n) is 2.18. The summed E-state index contributed by atoms with van der Waals surface area (Å²) in [5.74, 6) is -0.139. The molecule has 1 saturated heterocycles. The van der Waals surface area contributed by atoms with E-state index >= 15 is 0 Å². The van der Waals surface area contributed by atoms with Crippen LogP contribution in [0.25, 0.3) is 0 Å². The summed E-state index contributed by atoms with van der Waals surface area (Å²) in [5.41, 5.74) is 0.721. The monoisotopic (exact) mass is 300 g/mol. The number of benzene rings is 1. The van der Waals surface area contributed by atoms with Crippen LogP contribution in [0.4, 0.5) is 4.39 Å². The minimum atomic E-state index is -0.139. The Morgan fingerprint density at radius 3 is 3.12 bits per heavy atom. The first-order valence-corrected chi connectivity index (χ1v) is 6.93. The maximum Gasteiger partial charge on any atom is 0.127 e. The standard InChI is InChI=1S/C13H18BrFN2/c14-11-3-4-13(15)10(8-11)9-16-7-5-12-2-1-6-17-12/h3-4,8,12,16-17H,1-2,5-7,9H2. The lowest BCUT2D eigenvalue weighted by Crippen LogP contribution is -2.27. The first-order valence-electron chi connectivity index (χ1n) is 6.14. The van der Waals surface area contributed by atoms with E-state index in [1.807, 2.05) is 6.07 Å². The fourth-order valence-corrected chi connectivity index (χ4v) is 2.59. The van der Waals surface area contributed by atoms with Gasteiger partial charge in [0, 0.05) is 22.6 Å². The van der Waals surface area contributed by atoms with Crippen molar-refractivity contribution in [3.8, 4) is 0 Å². The quantitative estimate of drug-likeness (QED) is 0.817. The Bertz CT molecular complexity index is 364. The van der Waals surface area contributed by atoms with Gasteiger partial charge in [-0.2, -0.15) is 0 Å². The highest BCUT2D eigenvalue weighted by molar-refractivity contribution is 9.10. The van der Waals surface area contributed by atoms with Gasteiger partial charge in [0.15, 0.2) is 0 Å². The first-order chi connectivity index (χ1) is 8.25. The predicted octanol–water partition coefficient (Wildman–Crippen LogP) is 2.82. The molecule has 1 atom stereocenters. The van der Waals surface area contributed by atoms with Gasteiger partial charge >= 0.3 is 0 Å². The molecular formula is C13H18BrFN2. The summed E-state index contributed by atoms with van der Waals surface area (Å²) < 4.78 is 14.3. The van der Waals surface area contributed by atoms with E-state index in [1.165, 1.54) is 18.9 Å². The molecule has 0 spiro atoms. The third-order valence-corrected chi connectivity index (χ3v) is 3.65. The summed E-state index contributed by atoms with van der Waals surface area (Å²) in [6, 6.07) is 5.70. The zero-order valence-corrected chi connectivity index (χ0v) is 11.4. The molecule has 0 aliphatic carbocycles. The molecule has 0 saturated carbocycles. The average molecular weight is 301 g/mol. The van der Waals surface area contributed by atoms with Crippen molar-refractivity contribution >= 4 is 15.9 Å². The lowest BCUT2D eigenvalue weighted by atomic mass is 10.1. The van der Waals surface area contributed by atoms with Gasteiger partial charge < -0.3 is 10.6 Å². The third kappa shape index (κ3) is 4.05. The molecule has 4 heteroatoms. The van der Waals surface area contributed by atoms with Crippen molar-refractivity contribution in [3.05, 3.63) is 34.1 Å². The van der Waals surface area contributed by atoms with Gasteiger partial charge in [-0.3, -0.25) is 0 Å². The van der Waals surface area contributed by atoms with Gasteiger partial charge in [-0.25, -0.2) is 4.39 Å². The Morgan fingerprint density at radius 1 is 1.47 bits per heavy atom. The molecule has 1 heterocycles. The Kier molecular flexibility index (Phi) is 4.95. The number of hydrogen-bond acceptors (Lipinski definition) is 2. The van der Waals surface area contributed by atoms with Gasteiger partial charge in [-0.1, -0.05) is 15.9 Å². The molecule has 1 aromatic rings. The van der Waals surface area contributed by atoms with Crippen LogP contribution in [-0.4, -0.2) is 19.1 Å². The van der Waals surface area contributed by atoms with Crippen molar-refractivity contribution in [2.45, 2.75) is 31.8 Å². The van der Waals surface area contributed by atoms with Crippen LogP contribution < -0.4 is 10.6 Å². The Balaban J connectivity index is 1.72. The molecule has 0 bridgehead atoms. The van der Waals surface area contributed by atoms with Crippen molar-refractivity contribution in [1.82, 2.24) is 10.6 Å². The molecule has 17 heavy (non-hydrogen) atoms. The highest BCUT2D eigenvalue weighted by Crippen LogP contribution is 2.15. The van der Waals surface area contributed by atoms with Gasteiger partial charge in [0.2, 0.25) is 0 Å². The second kappa shape index (κ2) is 6.47. The van der Waals surface area contributed by atoms with Crippen molar-refractivity contribution in [3.63, 3.8) is 0 Å². The molecule has 94 valence electrons. The van der Waals surface area contributed by atoms with E-state index in [1.54, 1.807) is 6.07 Å². The minimum Gasteiger partial charge on any atom is -0.314 e. The van der Waals surface area contributed by atoms with E-state index in [-0.39, 0.29) is 5.82 Å². The van der Waals surface area contributed by atoms with E-state index in [0.29, 0.717) is 12.6 Å². The van der Waals surface area contributed by atoms with Gasteiger partial charge in [0.25, 0.3) is 0 Å². The first kappa shape index (κ1) is 13.0. The van der Waals surface area contributed by atoms with Crippen LogP contribution in [0.1, 0.15) is 24.8 Å². The molecule has 1 aliphatic rings. The molecule has 1 fully saturated rings. The van der Waals surface area contributed by atoms with E-state index < -0.39 is 0 Å². The fraction of sp³-hybridized carbons (Fsp3) is 0.538. The van der Waals surface area contributed by atoms with Crippen molar-refractivity contribution in [2.24, 2.45) is 0 Å². The molecule has 1 aliphatic heterocycles. The third-order valence-electron chi connectivity index (χ3n) is 3.16. The zero-order chi connectivity index (χ0) is 12.1. The highest BCUT2D eigenvalue weighted by atomic mass is 79.9. The van der Waals surface area contributed by atoms with Crippen LogP contribution in [0.2, 0.25) is 0 Å². The lowest BCUT2D eigenvalue weighted by molar-refractivity contribution is 0.516. The van der Waals surface area contributed by atoms with E-state index in [9.17, 15) is 4.39 Å². The Morgan fingerprint density at radius 2 is 2.35 bits per heavy atom. The SMILES string of the molecule is Fc1ccc(Br)cc1CNCCC1CCCN1. The lowest BCUT2D eigenvalue weighted by Gasteiger charge is -2.11. The van der Waals surface area contributed by atoms with E-state index in [4.69, 9.17) is 0 Å². The van der Waals surface area contributed by atoms with Gasteiger partial charge in [0.05, 0.1) is 0 Å². The van der Waals surface area contributed by atoms with Crippen molar-refractivity contribution < 1.29 is 4.39 Å². The predicted molar refractivity (Wildman–Crippen MR) is 71.4 cm³/mol. The van der Waals surface area contributed by atoms with E-state index in [2.05, 4.69) is 26.6 Å². The molecule has 0 radical (unpaired) electrons. The molecular weight excluding hydrogens is 283 g/mol. The minimum absolute atomic E-state index is 0.139. The summed E-state index contributed by atoms with van der Waals surface area (Å²) in [6.45, 7) is 2.67. The number of nitrogens with one attached hydrogen (secondary N) is 2. The molecule has 0 aromatic heterocycles. The zero-order valence-electron chi connectivity index (χ0n) is 9.81.